The molecule has 0 amide bonds. The van der Waals surface area contributed by atoms with Crippen molar-refractivity contribution in [3.8, 4) is 0 Å². The molecule has 0 radical (unpaired) electrons. The number of hydrogen-bond donors (Lipinski definition) is 2. The van der Waals surface area contributed by atoms with Crippen molar-refractivity contribution in [1.82, 2.24) is 9.97 Å². The van der Waals surface area contributed by atoms with Crippen LogP contribution in [0.4, 0.5) is 0 Å². The van der Waals surface area contributed by atoms with Gasteiger partial charge in [0, 0.05) is 28.3 Å². The molecule has 0 saturated carbocycles. The molecule has 0 unspecified atom stereocenters. The zero-order valence-electron chi connectivity index (χ0n) is 12.8. The van der Waals surface area contributed by atoms with Crippen molar-refractivity contribution in [2.75, 3.05) is 0 Å². The second-order valence-corrected chi connectivity index (χ2v) is 5.97. The van der Waals surface area contributed by atoms with Crippen LogP contribution in [0, 0.1) is 0 Å². The number of H-pyrrole nitrogens is 2. The largest absolute Gasteiger partial charge is 0.358 e. The van der Waals surface area contributed by atoms with E-state index in [0.717, 1.165) is 12.8 Å². The fourth-order valence-corrected chi connectivity index (χ4v) is 3.33. The highest BCUT2D eigenvalue weighted by Crippen LogP contribution is 2.32. The molecule has 0 aliphatic rings. The van der Waals surface area contributed by atoms with Crippen molar-refractivity contribution in [1.29, 1.82) is 0 Å². The average molecular weight is 288 g/mol. The fraction of sp³-hybridized carbons (Fsp3) is 0.200. The van der Waals surface area contributed by atoms with E-state index in [1.807, 2.05) is 0 Å². The summed E-state index contributed by atoms with van der Waals surface area (Å²) in [5.41, 5.74) is 5.04. The maximum atomic E-state index is 3.60. The Morgan fingerprint density at radius 3 is 1.73 bits per heavy atom. The smallest absolute Gasteiger partial charge is 0.0456 e. The van der Waals surface area contributed by atoms with E-state index in [1.54, 1.807) is 0 Å². The van der Waals surface area contributed by atoms with Gasteiger partial charge in [-0.1, -0.05) is 49.7 Å². The summed E-state index contributed by atoms with van der Waals surface area (Å²) in [7, 11) is 0. The Hall–Kier alpha value is -2.48. The lowest BCUT2D eigenvalue weighted by Gasteiger charge is -2.13. The Morgan fingerprint density at radius 1 is 0.773 bits per heavy atom. The van der Waals surface area contributed by atoms with Crippen LogP contribution in [0.5, 0.6) is 0 Å². The van der Waals surface area contributed by atoms with E-state index in [2.05, 4.69) is 77.6 Å². The summed E-state index contributed by atoms with van der Waals surface area (Å²) in [5.74, 6) is 0.393. The molecule has 110 valence electrons. The van der Waals surface area contributed by atoms with Gasteiger partial charge in [-0.15, -0.1) is 0 Å². The van der Waals surface area contributed by atoms with E-state index < -0.39 is 0 Å². The maximum Gasteiger partial charge on any atom is 0.0456 e. The third kappa shape index (κ3) is 2.21. The van der Waals surface area contributed by atoms with Crippen molar-refractivity contribution in [2.45, 2.75) is 25.7 Å². The normalized spacial score (nSPS) is 11.7. The van der Waals surface area contributed by atoms with Crippen LogP contribution in [0.1, 0.15) is 37.1 Å². The summed E-state index contributed by atoms with van der Waals surface area (Å²) in [4.78, 5) is 7.21. The van der Waals surface area contributed by atoms with Gasteiger partial charge in [-0.2, -0.15) is 0 Å². The number of benzene rings is 2. The molecule has 2 heteroatoms. The van der Waals surface area contributed by atoms with Gasteiger partial charge in [0.05, 0.1) is 0 Å². The van der Waals surface area contributed by atoms with E-state index in [9.17, 15) is 0 Å². The molecule has 2 nitrogen and oxygen atoms in total. The van der Waals surface area contributed by atoms with Crippen LogP contribution in [0.15, 0.2) is 60.7 Å². The first kappa shape index (κ1) is 13.2. The molecule has 2 heterocycles. The molecule has 0 spiro atoms. The molecule has 2 aromatic heterocycles. The molecule has 4 rings (SSSR count). The fourth-order valence-electron chi connectivity index (χ4n) is 3.33. The minimum absolute atomic E-state index is 0.393. The van der Waals surface area contributed by atoms with Crippen LogP contribution in [0.3, 0.4) is 0 Å². The lowest BCUT2D eigenvalue weighted by Crippen LogP contribution is -2.01. The molecule has 2 N–H and O–H groups in total. The first-order valence-corrected chi connectivity index (χ1v) is 8.00. The highest BCUT2D eigenvalue weighted by Gasteiger charge is 2.17. The Balaban J connectivity index is 1.82. The van der Waals surface area contributed by atoms with Gasteiger partial charge in [0.2, 0.25) is 0 Å². The summed E-state index contributed by atoms with van der Waals surface area (Å²) in [6.45, 7) is 2.25. The van der Waals surface area contributed by atoms with Crippen LogP contribution < -0.4 is 0 Å². The Kier molecular flexibility index (Phi) is 3.23. The molecule has 0 aliphatic heterocycles. The quantitative estimate of drug-likeness (QED) is 0.491. The van der Waals surface area contributed by atoms with E-state index in [1.165, 1.54) is 33.2 Å². The summed E-state index contributed by atoms with van der Waals surface area (Å²) in [5, 5.41) is 2.57. The van der Waals surface area contributed by atoms with Gasteiger partial charge >= 0.3 is 0 Å². The van der Waals surface area contributed by atoms with Crippen molar-refractivity contribution in [3.63, 3.8) is 0 Å². The number of nitrogens with one attached hydrogen (secondary N) is 2. The standard InChI is InChI=1S/C20H20N2/c1-2-7-16(19-12-14-8-3-5-10-17(14)21-19)20-13-15-9-4-6-11-18(15)22-20/h3-6,8-13,16,21-22H,2,7H2,1H3. The van der Waals surface area contributed by atoms with Crippen molar-refractivity contribution < 1.29 is 0 Å². The molecule has 0 fully saturated rings. The predicted molar refractivity (Wildman–Crippen MR) is 93.3 cm³/mol. The van der Waals surface area contributed by atoms with Gasteiger partial charge in [-0.3, -0.25) is 0 Å². The highest BCUT2D eigenvalue weighted by molar-refractivity contribution is 5.82. The van der Waals surface area contributed by atoms with E-state index in [4.69, 9.17) is 0 Å². The molecule has 0 aliphatic carbocycles. The molecular weight excluding hydrogens is 268 g/mol. The van der Waals surface area contributed by atoms with E-state index in [-0.39, 0.29) is 0 Å². The Bertz CT molecular complexity index is 773. The summed E-state index contributed by atoms with van der Waals surface area (Å²) in [6.07, 6.45) is 2.30. The summed E-state index contributed by atoms with van der Waals surface area (Å²) in [6, 6.07) is 21.6. The monoisotopic (exact) mass is 288 g/mol. The Morgan fingerprint density at radius 2 is 1.27 bits per heavy atom. The third-order valence-electron chi connectivity index (χ3n) is 4.43. The van der Waals surface area contributed by atoms with Crippen LogP contribution >= 0.6 is 0 Å². The van der Waals surface area contributed by atoms with Crippen LogP contribution in [-0.4, -0.2) is 9.97 Å². The summed E-state index contributed by atoms with van der Waals surface area (Å²) < 4.78 is 0. The molecule has 4 aromatic rings. The number of fused-ring (bicyclic) bond motifs is 2. The topological polar surface area (TPSA) is 31.6 Å². The molecule has 2 aromatic carbocycles. The number of para-hydroxylation sites is 2. The van der Waals surface area contributed by atoms with Gasteiger partial charge in [0.1, 0.15) is 0 Å². The number of rotatable bonds is 4. The molecule has 0 atom stereocenters. The van der Waals surface area contributed by atoms with Crippen molar-refractivity contribution in [3.05, 3.63) is 72.1 Å². The summed E-state index contributed by atoms with van der Waals surface area (Å²) >= 11 is 0. The maximum absolute atomic E-state index is 3.60. The zero-order valence-corrected chi connectivity index (χ0v) is 12.8. The van der Waals surface area contributed by atoms with Gasteiger partial charge in [0.15, 0.2) is 0 Å². The van der Waals surface area contributed by atoms with Gasteiger partial charge in [0.25, 0.3) is 0 Å². The number of aromatic amines is 2. The second-order valence-electron chi connectivity index (χ2n) is 5.97. The first-order valence-electron chi connectivity index (χ1n) is 8.00. The first-order chi connectivity index (χ1) is 10.8. The van der Waals surface area contributed by atoms with Gasteiger partial charge in [-0.25, -0.2) is 0 Å². The average Bonchev–Trinajstić information content (AvgIpc) is 3.15. The highest BCUT2D eigenvalue weighted by atomic mass is 14.8. The lowest BCUT2D eigenvalue weighted by molar-refractivity contribution is 0.673. The number of hydrogen-bond acceptors (Lipinski definition) is 0. The van der Waals surface area contributed by atoms with Crippen molar-refractivity contribution >= 4 is 21.8 Å². The zero-order chi connectivity index (χ0) is 14.9. The molecular formula is C20H20N2. The Labute approximate surface area is 130 Å². The van der Waals surface area contributed by atoms with Crippen LogP contribution in [-0.2, 0) is 0 Å². The van der Waals surface area contributed by atoms with E-state index in [0.29, 0.717) is 5.92 Å². The number of aromatic nitrogens is 2. The van der Waals surface area contributed by atoms with Gasteiger partial charge in [-0.05, 0) is 41.5 Å². The van der Waals surface area contributed by atoms with E-state index >= 15 is 0 Å². The second kappa shape index (κ2) is 5.38. The minimum Gasteiger partial charge on any atom is -0.358 e. The van der Waals surface area contributed by atoms with Gasteiger partial charge < -0.3 is 9.97 Å². The molecule has 22 heavy (non-hydrogen) atoms. The SMILES string of the molecule is CCCC(c1cc2ccccc2[nH]1)c1cc2ccccc2[nH]1. The predicted octanol–water partition coefficient (Wildman–Crippen LogP) is 5.58. The third-order valence-corrected chi connectivity index (χ3v) is 4.43. The lowest BCUT2D eigenvalue weighted by atomic mass is 9.96. The van der Waals surface area contributed by atoms with Crippen LogP contribution in [0.2, 0.25) is 0 Å². The van der Waals surface area contributed by atoms with Crippen LogP contribution in [0.25, 0.3) is 21.8 Å². The molecule has 0 bridgehead atoms. The van der Waals surface area contributed by atoms with Crippen molar-refractivity contribution in [2.24, 2.45) is 0 Å². The minimum atomic E-state index is 0.393. The molecule has 0 saturated heterocycles.